The summed E-state index contributed by atoms with van der Waals surface area (Å²) in [5.41, 5.74) is 3.04. The molecule has 0 spiro atoms. The van der Waals surface area contributed by atoms with Crippen LogP contribution in [0.3, 0.4) is 0 Å². The lowest BCUT2D eigenvalue weighted by molar-refractivity contribution is 0.0784. The highest BCUT2D eigenvalue weighted by Gasteiger charge is 2.18. The van der Waals surface area contributed by atoms with Crippen molar-refractivity contribution >= 4 is 11.6 Å². The van der Waals surface area contributed by atoms with E-state index in [2.05, 4.69) is 23.1 Å². The fourth-order valence-corrected chi connectivity index (χ4v) is 2.84. The van der Waals surface area contributed by atoms with Gasteiger partial charge in [-0.1, -0.05) is 18.2 Å². The van der Waals surface area contributed by atoms with Crippen LogP contribution in [0.15, 0.2) is 47.3 Å². The van der Waals surface area contributed by atoms with Crippen LogP contribution in [0.25, 0.3) is 0 Å². The predicted octanol–water partition coefficient (Wildman–Crippen LogP) is 3.15. The highest BCUT2D eigenvalue weighted by molar-refractivity contribution is 5.93. The average molecular weight is 284 g/mol. The first-order valence-electron chi connectivity index (χ1n) is 7.36. The van der Waals surface area contributed by atoms with Gasteiger partial charge in [0.1, 0.15) is 6.26 Å². The Hall–Kier alpha value is -2.23. The van der Waals surface area contributed by atoms with E-state index in [0.29, 0.717) is 12.1 Å². The number of amides is 1. The third kappa shape index (κ3) is 2.94. The molecule has 2 heterocycles. The zero-order valence-electron chi connectivity index (χ0n) is 12.3. The molecule has 1 aromatic heterocycles. The van der Waals surface area contributed by atoms with Crippen LogP contribution < -0.4 is 4.90 Å². The number of nitrogens with zero attached hydrogens (tertiary/aromatic N) is 2. The monoisotopic (exact) mass is 284 g/mol. The van der Waals surface area contributed by atoms with E-state index < -0.39 is 0 Å². The summed E-state index contributed by atoms with van der Waals surface area (Å²) in [4.78, 5) is 16.4. The Bertz CT molecular complexity index is 601. The van der Waals surface area contributed by atoms with Crippen molar-refractivity contribution < 1.29 is 9.21 Å². The fourth-order valence-electron chi connectivity index (χ4n) is 2.84. The van der Waals surface area contributed by atoms with Crippen LogP contribution in [0.4, 0.5) is 5.69 Å². The number of para-hydroxylation sites is 1. The molecule has 1 saturated heterocycles. The van der Waals surface area contributed by atoms with Crippen molar-refractivity contribution in [2.45, 2.75) is 19.4 Å². The Labute approximate surface area is 125 Å². The maximum atomic E-state index is 12.3. The van der Waals surface area contributed by atoms with Crippen LogP contribution in [0.5, 0.6) is 0 Å². The van der Waals surface area contributed by atoms with E-state index in [0.717, 1.165) is 13.1 Å². The van der Waals surface area contributed by atoms with Crippen molar-refractivity contribution in [3.8, 4) is 0 Å². The molecule has 21 heavy (non-hydrogen) atoms. The molecule has 0 atom stereocenters. The molecular weight excluding hydrogens is 264 g/mol. The van der Waals surface area contributed by atoms with E-state index >= 15 is 0 Å². The molecule has 3 rings (SSSR count). The normalized spacial score (nSPS) is 14.4. The third-order valence-electron chi connectivity index (χ3n) is 3.96. The zero-order chi connectivity index (χ0) is 14.7. The van der Waals surface area contributed by atoms with E-state index in [4.69, 9.17) is 4.42 Å². The van der Waals surface area contributed by atoms with Gasteiger partial charge in [-0.05, 0) is 30.5 Å². The minimum Gasteiger partial charge on any atom is -0.472 e. The van der Waals surface area contributed by atoms with E-state index in [1.165, 1.54) is 36.6 Å². The maximum absolute atomic E-state index is 12.3. The first-order valence-corrected chi connectivity index (χ1v) is 7.36. The van der Waals surface area contributed by atoms with Gasteiger partial charge in [-0.25, -0.2) is 0 Å². The Morgan fingerprint density at radius 3 is 2.71 bits per heavy atom. The number of anilines is 1. The molecule has 1 aromatic carbocycles. The van der Waals surface area contributed by atoms with Crippen molar-refractivity contribution in [2.75, 3.05) is 25.0 Å². The van der Waals surface area contributed by atoms with E-state index in [1.807, 2.05) is 13.1 Å². The number of hydrogen-bond donors (Lipinski definition) is 0. The standard InChI is InChI=1S/C17H20N2O2/c1-18(17(20)15-8-11-21-13-15)12-14-6-2-3-7-16(14)19-9-4-5-10-19/h2-3,6-8,11,13H,4-5,9-10,12H2,1H3. The number of furan rings is 1. The smallest absolute Gasteiger partial charge is 0.257 e. The maximum Gasteiger partial charge on any atom is 0.257 e. The minimum absolute atomic E-state index is 0.0139. The molecule has 0 N–H and O–H groups in total. The van der Waals surface area contributed by atoms with Gasteiger partial charge in [0, 0.05) is 32.4 Å². The van der Waals surface area contributed by atoms with Gasteiger partial charge in [0.15, 0.2) is 0 Å². The topological polar surface area (TPSA) is 36.7 Å². The lowest BCUT2D eigenvalue weighted by atomic mass is 10.1. The van der Waals surface area contributed by atoms with Crippen LogP contribution in [0, 0.1) is 0 Å². The summed E-state index contributed by atoms with van der Waals surface area (Å²) >= 11 is 0. The quantitative estimate of drug-likeness (QED) is 0.865. The lowest BCUT2D eigenvalue weighted by Crippen LogP contribution is -2.27. The average Bonchev–Trinajstić information content (AvgIpc) is 3.20. The second kappa shape index (κ2) is 6.04. The van der Waals surface area contributed by atoms with Gasteiger partial charge in [0.25, 0.3) is 5.91 Å². The third-order valence-corrected chi connectivity index (χ3v) is 3.96. The van der Waals surface area contributed by atoms with Crippen LogP contribution in [0.2, 0.25) is 0 Å². The van der Waals surface area contributed by atoms with Gasteiger partial charge >= 0.3 is 0 Å². The van der Waals surface area contributed by atoms with Crippen molar-refractivity contribution in [3.05, 3.63) is 54.0 Å². The highest BCUT2D eigenvalue weighted by atomic mass is 16.3. The van der Waals surface area contributed by atoms with Crippen LogP contribution in [-0.4, -0.2) is 30.9 Å². The van der Waals surface area contributed by atoms with Crippen LogP contribution in [0.1, 0.15) is 28.8 Å². The summed E-state index contributed by atoms with van der Waals surface area (Å²) in [7, 11) is 1.83. The molecule has 0 unspecified atom stereocenters. The summed E-state index contributed by atoms with van der Waals surface area (Å²) < 4.78 is 4.99. The summed E-state index contributed by atoms with van der Waals surface area (Å²) in [6, 6.07) is 10.1. The van der Waals surface area contributed by atoms with Crippen molar-refractivity contribution in [1.82, 2.24) is 4.90 Å². The highest BCUT2D eigenvalue weighted by Crippen LogP contribution is 2.25. The number of carbonyl (C=O) groups is 1. The second-order valence-electron chi connectivity index (χ2n) is 5.50. The fraction of sp³-hybridized carbons (Fsp3) is 0.353. The number of benzene rings is 1. The molecule has 0 radical (unpaired) electrons. The van der Waals surface area contributed by atoms with Gasteiger partial charge in [-0.3, -0.25) is 4.79 Å². The van der Waals surface area contributed by atoms with E-state index in [-0.39, 0.29) is 5.91 Å². The summed E-state index contributed by atoms with van der Waals surface area (Å²) in [5.74, 6) is -0.0139. The summed E-state index contributed by atoms with van der Waals surface area (Å²) in [6.45, 7) is 2.82. The molecule has 110 valence electrons. The largest absolute Gasteiger partial charge is 0.472 e. The molecule has 1 fully saturated rings. The molecule has 1 aliphatic heterocycles. The SMILES string of the molecule is CN(Cc1ccccc1N1CCCC1)C(=O)c1ccoc1. The molecule has 0 aliphatic carbocycles. The number of rotatable bonds is 4. The van der Waals surface area contributed by atoms with Crippen LogP contribution >= 0.6 is 0 Å². The van der Waals surface area contributed by atoms with Gasteiger partial charge in [0.2, 0.25) is 0 Å². The molecule has 2 aromatic rings. The molecule has 1 amide bonds. The van der Waals surface area contributed by atoms with Gasteiger partial charge in [0.05, 0.1) is 11.8 Å². The van der Waals surface area contributed by atoms with Crippen molar-refractivity contribution in [2.24, 2.45) is 0 Å². The summed E-state index contributed by atoms with van der Waals surface area (Å²) in [6.07, 6.45) is 5.51. The molecule has 1 aliphatic rings. The Morgan fingerprint density at radius 2 is 2.00 bits per heavy atom. The minimum atomic E-state index is -0.0139. The zero-order valence-corrected chi connectivity index (χ0v) is 12.3. The Balaban J connectivity index is 1.76. The molecular formula is C17H20N2O2. The first-order chi connectivity index (χ1) is 10.3. The second-order valence-corrected chi connectivity index (χ2v) is 5.50. The Morgan fingerprint density at radius 1 is 1.24 bits per heavy atom. The molecule has 0 bridgehead atoms. The van der Waals surface area contributed by atoms with Crippen molar-refractivity contribution in [3.63, 3.8) is 0 Å². The number of carbonyl (C=O) groups excluding carboxylic acids is 1. The predicted molar refractivity (Wildman–Crippen MR) is 82.4 cm³/mol. The first kappa shape index (κ1) is 13.7. The van der Waals surface area contributed by atoms with E-state index in [9.17, 15) is 4.79 Å². The van der Waals surface area contributed by atoms with Crippen LogP contribution in [-0.2, 0) is 6.54 Å². The molecule has 4 nitrogen and oxygen atoms in total. The van der Waals surface area contributed by atoms with E-state index in [1.54, 1.807) is 11.0 Å². The summed E-state index contributed by atoms with van der Waals surface area (Å²) in [5, 5.41) is 0. The van der Waals surface area contributed by atoms with Gasteiger partial charge in [-0.15, -0.1) is 0 Å². The Kier molecular flexibility index (Phi) is 3.95. The van der Waals surface area contributed by atoms with Crippen molar-refractivity contribution in [1.29, 1.82) is 0 Å². The van der Waals surface area contributed by atoms with Gasteiger partial charge in [-0.2, -0.15) is 0 Å². The lowest BCUT2D eigenvalue weighted by Gasteiger charge is -2.24. The number of hydrogen-bond acceptors (Lipinski definition) is 3. The van der Waals surface area contributed by atoms with Gasteiger partial charge < -0.3 is 14.2 Å². The molecule has 4 heteroatoms. The molecule has 0 saturated carbocycles.